The SMILES string of the molecule is CC(=O)N1CCC[C@H]1C(=O)N[C@H](C(=O)N[C@H](C(=O)N[C@H](C(=O)N1CCC[C@H]1C(=O)N[C@@H](CC(C)C)C(=O)N[C@@H](CCCCN)C(N)=O)[C@@H](C)O)[C@@H](C)O)[C@@H](C)O. The van der Waals surface area contributed by atoms with Crippen LogP contribution in [0.1, 0.15) is 92.9 Å². The molecule has 0 spiro atoms. The molecule has 2 aliphatic heterocycles. The van der Waals surface area contributed by atoms with Crippen LogP contribution in [0.15, 0.2) is 0 Å². The van der Waals surface area contributed by atoms with Crippen LogP contribution in [0.5, 0.6) is 0 Å². The molecule has 0 aromatic carbocycles. The topological polar surface area (TPSA) is 316 Å². The molecular weight excluding hydrogens is 734 g/mol. The van der Waals surface area contributed by atoms with Crippen molar-refractivity contribution in [1.82, 2.24) is 36.4 Å². The molecule has 318 valence electrons. The Kier molecular flexibility index (Phi) is 19.1. The van der Waals surface area contributed by atoms with Gasteiger partial charge in [0.1, 0.15) is 42.3 Å². The molecule has 10 atom stereocenters. The number of carbonyl (C=O) groups is 8. The quantitative estimate of drug-likeness (QED) is 0.0501. The molecule has 12 N–H and O–H groups in total. The van der Waals surface area contributed by atoms with E-state index in [1.807, 2.05) is 13.8 Å². The molecule has 0 aliphatic carbocycles. The summed E-state index contributed by atoms with van der Waals surface area (Å²) in [6.45, 7) is 9.42. The van der Waals surface area contributed by atoms with Crippen LogP contribution in [0.2, 0.25) is 0 Å². The van der Waals surface area contributed by atoms with Gasteiger partial charge in [-0.15, -0.1) is 0 Å². The minimum atomic E-state index is -1.73. The summed E-state index contributed by atoms with van der Waals surface area (Å²) < 4.78 is 0. The Bertz CT molecular complexity index is 1410. The lowest BCUT2D eigenvalue weighted by Gasteiger charge is -2.32. The average Bonchev–Trinajstić information content (AvgIpc) is 3.81. The van der Waals surface area contributed by atoms with Crippen molar-refractivity contribution in [2.75, 3.05) is 19.6 Å². The molecule has 0 bridgehead atoms. The molecule has 20 heteroatoms. The lowest BCUT2D eigenvalue weighted by atomic mass is 10.0. The third kappa shape index (κ3) is 13.7. The number of carbonyl (C=O) groups excluding carboxylic acids is 8. The Morgan fingerprint density at radius 1 is 0.643 bits per heavy atom. The van der Waals surface area contributed by atoms with Gasteiger partial charge in [0.15, 0.2) is 0 Å². The number of unbranched alkanes of at least 4 members (excludes halogenated alkanes) is 1. The summed E-state index contributed by atoms with van der Waals surface area (Å²) in [5.41, 5.74) is 11.0. The number of aliphatic hydroxyl groups is 3. The Balaban J connectivity index is 2.20. The summed E-state index contributed by atoms with van der Waals surface area (Å²) >= 11 is 0. The summed E-state index contributed by atoms with van der Waals surface area (Å²) in [6.07, 6.45) is -1.47. The molecule has 8 amide bonds. The van der Waals surface area contributed by atoms with Crippen molar-refractivity contribution in [3.05, 3.63) is 0 Å². The van der Waals surface area contributed by atoms with Crippen molar-refractivity contribution >= 4 is 47.3 Å². The fraction of sp³-hybridized carbons (Fsp3) is 0.778. The van der Waals surface area contributed by atoms with Gasteiger partial charge in [0.05, 0.1) is 18.3 Å². The molecule has 20 nitrogen and oxygen atoms in total. The fourth-order valence-corrected chi connectivity index (χ4v) is 6.85. The molecule has 0 saturated carbocycles. The lowest BCUT2D eigenvalue weighted by molar-refractivity contribution is -0.145. The number of nitrogens with two attached hydrogens (primary N) is 2. The van der Waals surface area contributed by atoms with E-state index in [-0.39, 0.29) is 37.6 Å². The number of aliphatic hydroxyl groups excluding tert-OH is 3. The predicted octanol–water partition coefficient (Wildman–Crippen LogP) is -3.78. The normalized spacial score (nSPS) is 21.1. The maximum Gasteiger partial charge on any atom is 0.248 e. The van der Waals surface area contributed by atoms with E-state index in [1.165, 1.54) is 37.5 Å². The first kappa shape index (κ1) is 47.8. The van der Waals surface area contributed by atoms with Crippen LogP contribution in [0.25, 0.3) is 0 Å². The molecule has 2 fully saturated rings. The molecule has 0 aromatic rings. The Morgan fingerprint density at radius 2 is 1.12 bits per heavy atom. The molecule has 2 heterocycles. The first-order chi connectivity index (χ1) is 26.2. The number of rotatable bonds is 21. The minimum absolute atomic E-state index is 0.0645. The average molecular weight is 798 g/mol. The number of primary amides is 1. The van der Waals surface area contributed by atoms with E-state index in [9.17, 15) is 53.7 Å². The van der Waals surface area contributed by atoms with Gasteiger partial charge in [-0.05, 0) is 84.6 Å². The minimum Gasteiger partial charge on any atom is -0.391 e. The summed E-state index contributed by atoms with van der Waals surface area (Å²) in [7, 11) is 0. The second-order valence-corrected chi connectivity index (χ2v) is 15.2. The van der Waals surface area contributed by atoms with Crippen LogP contribution in [0, 0.1) is 5.92 Å². The summed E-state index contributed by atoms with van der Waals surface area (Å²) in [5.74, 6) is -6.11. The number of nitrogens with zero attached hydrogens (tertiary/aromatic N) is 2. The summed E-state index contributed by atoms with van der Waals surface area (Å²) in [4.78, 5) is 107. The lowest BCUT2D eigenvalue weighted by Crippen LogP contribution is -2.64. The molecule has 2 saturated heterocycles. The molecular formula is C36H63N9O11. The maximum absolute atomic E-state index is 13.9. The van der Waals surface area contributed by atoms with Gasteiger partial charge < -0.3 is 63.2 Å². The van der Waals surface area contributed by atoms with Crippen molar-refractivity contribution in [3.8, 4) is 0 Å². The molecule has 0 aromatic heterocycles. The van der Waals surface area contributed by atoms with E-state index in [2.05, 4.69) is 26.6 Å². The number of likely N-dealkylation sites (tertiary alicyclic amines) is 2. The highest BCUT2D eigenvalue weighted by molar-refractivity contribution is 5.98. The van der Waals surface area contributed by atoms with Gasteiger partial charge in [-0.3, -0.25) is 38.4 Å². The third-order valence-corrected chi connectivity index (χ3v) is 9.92. The van der Waals surface area contributed by atoms with Crippen LogP contribution in [-0.2, 0) is 38.4 Å². The zero-order valence-corrected chi connectivity index (χ0v) is 33.3. The monoisotopic (exact) mass is 797 g/mol. The van der Waals surface area contributed by atoms with E-state index in [0.29, 0.717) is 45.2 Å². The Morgan fingerprint density at radius 3 is 1.61 bits per heavy atom. The van der Waals surface area contributed by atoms with E-state index >= 15 is 0 Å². The highest BCUT2D eigenvalue weighted by Gasteiger charge is 2.42. The molecule has 0 radical (unpaired) electrons. The summed E-state index contributed by atoms with van der Waals surface area (Å²) in [5, 5.41) is 43.9. The first-order valence-electron chi connectivity index (χ1n) is 19.3. The first-order valence-corrected chi connectivity index (χ1v) is 19.3. The molecule has 56 heavy (non-hydrogen) atoms. The van der Waals surface area contributed by atoms with Crippen LogP contribution >= 0.6 is 0 Å². The predicted molar refractivity (Wildman–Crippen MR) is 201 cm³/mol. The van der Waals surface area contributed by atoms with Gasteiger partial charge in [0.25, 0.3) is 0 Å². The van der Waals surface area contributed by atoms with Gasteiger partial charge in [0.2, 0.25) is 47.3 Å². The summed E-state index contributed by atoms with van der Waals surface area (Å²) in [6, 6.07) is -9.01. The van der Waals surface area contributed by atoms with Crippen LogP contribution in [-0.4, -0.2) is 153 Å². The van der Waals surface area contributed by atoms with E-state index in [1.54, 1.807) is 0 Å². The van der Waals surface area contributed by atoms with Crippen molar-refractivity contribution in [2.24, 2.45) is 17.4 Å². The van der Waals surface area contributed by atoms with Gasteiger partial charge in [-0.2, -0.15) is 0 Å². The number of nitrogens with one attached hydrogen (secondary N) is 5. The number of hydrogen-bond donors (Lipinski definition) is 10. The maximum atomic E-state index is 13.9. The van der Waals surface area contributed by atoms with Crippen molar-refractivity contribution in [3.63, 3.8) is 0 Å². The van der Waals surface area contributed by atoms with Crippen molar-refractivity contribution < 1.29 is 53.7 Å². The molecule has 2 aliphatic rings. The van der Waals surface area contributed by atoms with Gasteiger partial charge in [-0.1, -0.05) is 13.8 Å². The molecule has 0 unspecified atom stereocenters. The molecule has 2 rings (SSSR count). The van der Waals surface area contributed by atoms with E-state index in [4.69, 9.17) is 11.5 Å². The second kappa shape index (κ2) is 22.4. The number of hydrogen-bond acceptors (Lipinski definition) is 12. The standard InChI is InChI=1S/C36H63N9O11/c1-18(2)17-24(31(51)39-23(30(38)50)11-7-8-14-37)40-32(52)26-13-10-16-45(26)36(56)29(21(5)48)43-35(55)28(20(4)47)42-34(54)27(19(3)46)41-33(53)25-12-9-15-44(25)22(6)49/h18-21,23-29,46-48H,7-17,37H2,1-6H3,(H2,38,50)(H,39,51)(H,40,52)(H,41,53)(H,42,54)(H,43,55)/t19-,20-,21-,23+,24+,25+,26+,27+,28+,29+/m1/s1. The van der Waals surface area contributed by atoms with Crippen molar-refractivity contribution in [1.29, 1.82) is 0 Å². The highest BCUT2D eigenvalue weighted by atomic mass is 16.3. The Hall–Kier alpha value is -4.40. The van der Waals surface area contributed by atoms with Crippen LogP contribution in [0.4, 0.5) is 0 Å². The smallest absolute Gasteiger partial charge is 0.248 e. The fourth-order valence-electron chi connectivity index (χ4n) is 6.85. The van der Waals surface area contributed by atoms with E-state index < -0.39 is 102 Å². The van der Waals surface area contributed by atoms with Gasteiger partial charge in [-0.25, -0.2) is 0 Å². The second-order valence-electron chi connectivity index (χ2n) is 15.2. The van der Waals surface area contributed by atoms with Crippen LogP contribution in [0.3, 0.4) is 0 Å². The zero-order chi connectivity index (χ0) is 42.4. The third-order valence-electron chi connectivity index (χ3n) is 9.92. The zero-order valence-electron chi connectivity index (χ0n) is 33.3. The highest BCUT2D eigenvalue weighted by Crippen LogP contribution is 2.21. The van der Waals surface area contributed by atoms with Crippen molar-refractivity contribution in [2.45, 2.75) is 154 Å². The van der Waals surface area contributed by atoms with Gasteiger partial charge in [0, 0.05) is 20.0 Å². The van der Waals surface area contributed by atoms with Gasteiger partial charge >= 0.3 is 0 Å². The van der Waals surface area contributed by atoms with Crippen LogP contribution < -0.4 is 38.1 Å². The largest absolute Gasteiger partial charge is 0.391 e. The Labute approximate surface area is 327 Å². The number of amides is 8. The van der Waals surface area contributed by atoms with E-state index in [0.717, 1.165) is 0 Å².